The molecule has 0 aromatic rings. The van der Waals surface area contributed by atoms with Crippen molar-refractivity contribution >= 4 is 0 Å². The second-order valence-electron chi connectivity index (χ2n) is 3.86. The Labute approximate surface area is 81.6 Å². The summed E-state index contributed by atoms with van der Waals surface area (Å²) in [6, 6.07) is 0. The van der Waals surface area contributed by atoms with Crippen LogP contribution in [0, 0.1) is 5.92 Å². The molecule has 0 N–H and O–H groups in total. The molecule has 78 valence electrons. The summed E-state index contributed by atoms with van der Waals surface area (Å²) in [6.45, 7) is 5.61. The minimum absolute atomic E-state index is 0.0214. The molecule has 0 heterocycles. The van der Waals surface area contributed by atoms with Crippen molar-refractivity contribution in [2.24, 2.45) is 5.92 Å². The van der Waals surface area contributed by atoms with Gasteiger partial charge in [-0.1, -0.05) is 19.3 Å². The van der Waals surface area contributed by atoms with E-state index in [9.17, 15) is 0 Å². The molecule has 1 saturated carbocycles. The van der Waals surface area contributed by atoms with E-state index in [4.69, 9.17) is 9.47 Å². The fourth-order valence-electron chi connectivity index (χ4n) is 1.91. The van der Waals surface area contributed by atoms with Gasteiger partial charge < -0.3 is 9.47 Å². The largest absolute Gasteiger partial charge is 0.353 e. The summed E-state index contributed by atoms with van der Waals surface area (Å²) in [5.74, 6) is 0.789. The zero-order valence-corrected chi connectivity index (χ0v) is 8.92. The summed E-state index contributed by atoms with van der Waals surface area (Å²) in [7, 11) is 0. The lowest BCUT2D eigenvalue weighted by Crippen LogP contribution is -2.20. The van der Waals surface area contributed by atoms with Crippen LogP contribution in [0.4, 0.5) is 0 Å². The molecule has 1 aliphatic rings. The van der Waals surface area contributed by atoms with Gasteiger partial charge in [-0.2, -0.15) is 0 Å². The smallest absolute Gasteiger partial charge is 0.154 e. The van der Waals surface area contributed by atoms with Gasteiger partial charge in [-0.05, 0) is 32.6 Å². The third kappa shape index (κ3) is 4.63. The van der Waals surface area contributed by atoms with E-state index < -0.39 is 0 Å². The fourth-order valence-corrected chi connectivity index (χ4v) is 1.91. The van der Waals surface area contributed by atoms with Gasteiger partial charge in [-0.25, -0.2) is 0 Å². The lowest BCUT2D eigenvalue weighted by molar-refractivity contribution is -0.137. The average molecular weight is 186 g/mol. The highest BCUT2D eigenvalue weighted by atomic mass is 16.7. The van der Waals surface area contributed by atoms with Crippen molar-refractivity contribution in [1.29, 1.82) is 0 Å². The standard InChI is InChI=1S/C11H22O2/c1-3-12-10(2)13-9-11-7-5-4-6-8-11/h10-11H,3-9H2,1-2H3. The third-order valence-electron chi connectivity index (χ3n) is 2.69. The number of hydrogen-bond acceptors (Lipinski definition) is 2. The number of hydrogen-bond donors (Lipinski definition) is 0. The topological polar surface area (TPSA) is 18.5 Å². The lowest BCUT2D eigenvalue weighted by atomic mass is 9.90. The van der Waals surface area contributed by atoms with E-state index in [1.165, 1.54) is 32.1 Å². The molecule has 2 nitrogen and oxygen atoms in total. The first-order valence-corrected chi connectivity index (χ1v) is 5.56. The molecule has 0 radical (unpaired) electrons. The van der Waals surface area contributed by atoms with Crippen LogP contribution in [-0.4, -0.2) is 19.5 Å². The minimum Gasteiger partial charge on any atom is -0.353 e. The molecule has 0 bridgehead atoms. The van der Waals surface area contributed by atoms with Gasteiger partial charge in [0.2, 0.25) is 0 Å². The van der Waals surface area contributed by atoms with E-state index in [1.54, 1.807) is 0 Å². The van der Waals surface area contributed by atoms with Crippen LogP contribution in [0.5, 0.6) is 0 Å². The molecule has 1 unspecified atom stereocenters. The molecule has 2 heteroatoms. The van der Waals surface area contributed by atoms with Gasteiger partial charge in [0.05, 0.1) is 6.61 Å². The first kappa shape index (κ1) is 11.0. The van der Waals surface area contributed by atoms with Crippen LogP contribution >= 0.6 is 0 Å². The maximum atomic E-state index is 5.60. The Morgan fingerprint density at radius 2 is 1.85 bits per heavy atom. The van der Waals surface area contributed by atoms with Crippen molar-refractivity contribution < 1.29 is 9.47 Å². The van der Waals surface area contributed by atoms with Crippen molar-refractivity contribution in [3.05, 3.63) is 0 Å². The Morgan fingerprint density at radius 1 is 1.15 bits per heavy atom. The summed E-state index contributed by atoms with van der Waals surface area (Å²) in [5, 5.41) is 0. The predicted molar refractivity (Wildman–Crippen MR) is 53.6 cm³/mol. The van der Waals surface area contributed by atoms with Gasteiger partial charge in [0, 0.05) is 6.61 Å². The van der Waals surface area contributed by atoms with Crippen LogP contribution in [0.1, 0.15) is 46.0 Å². The molecular weight excluding hydrogens is 164 g/mol. The predicted octanol–water partition coefficient (Wildman–Crippen LogP) is 2.97. The molecule has 0 amide bonds. The van der Waals surface area contributed by atoms with E-state index in [1.807, 2.05) is 13.8 Å². The van der Waals surface area contributed by atoms with E-state index in [-0.39, 0.29) is 6.29 Å². The highest BCUT2D eigenvalue weighted by molar-refractivity contribution is 4.64. The van der Waals surface area contributed by atoms with Gasteiger partial charge in [0.1, 0.15) is 0 Å². The molecule has 1 aliphatic carbocycles. The first-order chi connectivity index (χ1) is 6.33. The van der Waals surface area contributed by atoms with E-state index in [0.717, 1.165) is 19.1 Å². The molecular formula is C11H22O2. The zero-order chi connectivity index (χ0) is 9.52. The molecule has 0 aromatic heterocycles. The Morgan fingerprint density at radius 3 is 2.46 bits per heavy atom. The van der Waals surface area contributed by atoms with Crippen molar-refractivity contribution in [2.45, 2.75) is 52.2 Å². The normalized spacial score (nSPS) is 21.7. The van der Waals surface area contributed by atoms with Crippen LogP contribution in [-0.2, 0) is 9.47 Å². The SMILES string of the molecule is CCOC(C)OCC1CCCCC1. The van der Waals surface area contributed by atoms with E-state index in [0.29, 0.717) is 0 Å². The third-order valence-corrected chi connectivity index (χ3v) is 2.69. The molecule has 0 saturated heterocycles. The molecule has 1 rings (SSSR count). The van der Waals surface area contributed by atoms with Crippen molar-refractivity contribution in [2.75, 3.05) is 13.2 Å². The summed E-state index contributed by atoms with van der Waals surface area (Å²) in [5.41, 5.74) is 0. The van der Waals surface area contributed by atoms with Crippen LogP contribution in [0.15, 0.2) is 0 Å². The highest BCUT2D eigenvalue weighted by Gasteiger charge is 2.14. The van der Waals surface area contributed by atoms with Gasteiger partial charge in [-0.15, -0.1) is 0 Å². The van der Waals surface area contributed by atoms with Gasteiger partial charge in [0.15, 0.2) is 6.29 Å². The van der Waals surface area contributed by atoms with Gasteiger partial charge >= 0.3 is 0 Å². The van der Waals surface area contributed by atoms with E-state index in [2.05, 4.69) is 0 Å². The molecule has 1 atom stereocenters. The zero-order valence-electron chi connectivity index (χ0n) is 8.92. The van der Waals surface area contributed by atoms with Crippen LogP contribution < -0.4 is 0 Å². The molecule has 13 heavy (non-hydrogen) atoms. The molecule has 0 spiro atoms. The Hall–Kier alpha value is -0.0800. The summed E-state index contributed by atoms with van der Waals surface area (Å²) in [4.78, 5) is 0. The van der Waals surface area contributed by atoms with Gasteiger partial charge in [0.25, 0.3) is 0 Å². The number of ether oxygens (including phenoxy) is 2. The second-order valence-corrected chi connectivity index (χ2v) is 3.86. The maximum Gasteiger partial charge on any atom is 0.154 e. The van der Waals surface area contributed by atoms with Crippen molar-refractivity contribution in [3.63, 3.8) is 0 Å². The van der Waals surface area contributed by atoms with E-state index >= 15 is 0 Å². The highest BCUT2D eigenvalue weighted by Crippen LogP contribution is 2.23. The monoisotopic (exact) mass is 186 g/mol. The Balaban J connectivity index is 2.03. The van der Waals surface area contributed by atoms with Crippen LogP contribution in [0.3, 0.4) is 0 Å². The Kier molecular flexibility index (Phi) is 5.40. The Bertz CT molecular complexity index is 119. The van der Waals surface area contributed by atoms with Gasteiger partial charge in [-0.3, -0.25) is 0 Å². The van der Waals surface area contributed by atoms with Crippen LogP contribution in [0.2, 0.25) is 0 Å². The molecule has 0 aromatic carbocycles. The second kappa shape index (κ2) is 6.39. The average Bonchev–Trinajstić information content (AvgIpc) is 2.17. The summed E-state index contributed by atoms with van der Waals surface area (Å²) in [6.07, 6.45) is 6.86. The van der Waals surface area contributed by atoms with Crippen LogP contribution in [0.25, 0.3) is 0 Å². The minimum atomic E-state index is -0.0214. The summed E-state index contributed by atoms with van der Waals surface area (Å²) < 4.78 is 10.9. The quantitative estimate of drug-likeness (QED) is 0.614. The fraction of sp³-hybridized carbons (Fsp3) is 1.00. The molecule has 0 aliphatic heterocycles. The van der Waals surface area contributed by atoms with Crippen molar-refractivity contribution in [1.82, 2.24) is 0 Å². The first-order valence-electron chi connectivity index (χ1n) is 5.56. The number of rotatable bonds is 5. The molecule has 1 fully saturated rings. The summed E-state index contributed by atoms with van der Waals surface area (Å²) >= 11 is 0. The maximum absolute atomic E-state index is 5.60. The van der Waals surface area contributed by atoms with Crippen molar-refractivity contribution in [3.8, 4) is 0 Å². The lowest BCUT2D eigenvalue weighted by Gasteiger charge is -2.23.